The topological polar surface area (TPSA) is 77.6 Å². The number of hydrogen-bond donors (Lipinski definition) is 1. The number of carbonyl (C=O) groups is 1. The quantitative estimate of drug-likeness (QED) is 0.650. The van der Waals surface area contributed by atoms with Gasteiger partial charge in [0.25, 0.3) is 11.5 Å². The van der Waals surface area contributed by atoms with Gasteiger partial charge in [-0.25, -0.2) is 13.8 Å². The fourth-order valence-corrected chi connectivity index (χ4v) is 3.83. The van der Waals surface area contributed by atoms with Gasteiger partial charge in [-0.2, -0.15) is 0 Å². The Morgan fingerprint density at radius 1 is 1.26 bits per heavy atom. The minimum Gasteiger partial charge on any atom is -0.490 e. The number of anilines is 1. The summed E-state index contributed by atoms with van der Waals surface area (Å²) in [5, 5.41) is 2.67. The van der Waals surface area contributed by atoms with E-state index in [0.717, 1.165) is 0 Å². The zero-order valence-corrected chi connectivity index (χ0v) is 17.1. The number of nitrogens with one attached hydrogen (secondary N) is 1. The highest BCUT2D eigenvalue weighted by molar-refractivity contribution is 6.06. The van der Waals surface area contributed by atoms with Crippen molar-refractivity contribution in [1.29, 1.82) is 0 Å². The van der Waals surface area contributed by atoms with Gasteiger partial charge in [0, 0.05) is 43.2 Å². The van der Waals surface area contributed by atoms with Gasteiger partial charge in [-0.1, -0.05) is 0 Å². The summed E-state index contributed by atoms with van der Waals surface area (Å²) in [6, 6.07) is 2.71. The van der Waals surface area contributed by atoms with E-state index < -0.39 is 35.8 Å². The Labute approximate surface area is 176 Å². The second-order valence-electron chi connectivity index (χ2n) is 8.40. The largest absolute Gasteiger partial charge is 0.490 e. The van der Waals surface area contributed by atoms with E-state index >= 15 is 0 Å². The number of alkyl halides is 2. The molecule has 31 heavy (non-hydrogen) atoms. The average molecular weight is 428 g/mol. The maximum atomic E-state index is 13.8. The summed E-state index contributed by atoms with van der Waals surface area (Å²) >= 11 is 0. The normalized spacial score (nSPS) is 24.4. The number of halogens is 2. The highest BCUT2D eigenvalue weighted by atomic mass is 19.1. The molecule has 0 unspecified atom stereocenters. The Morgan fingerprint density at radius 3 is 2.65 bits per heavy atom. The van der Waals surface area contributed by atoms with Crippen molar-refractivity contribution in [2.45, 2.75) is 57.1 Å². The molecule has 0 aromatic carbocycles. The number of carbonyl (C=O) groups excluding carboxylic acids is 1. The minimum absolute atomic E-state index is 0.00187. The third kappa shape index (κ3) is 3.58. The molecule has 2 aliphatic carbocycles. The summed E-state index contributed by atoms with van der Waals surface area (Å²) in [7, 11) is 0. The molecular formula is C22H22F2N4O3. The second kappa shape index (κ2) is 7.18. The second-order valence-corrected chi connectivity index (χ2v) is 8.40. The monoisotopic (exact) mass is 428 g/mol. The summed E-state index contributed by atoms with van der Waals surface area (Å²) < 4.78 is 36.1. The Balaban J connectivity index is 1.55. The van der Waals surface area contributed by atoms with E-state index in [1.54, 1.807) is 35.1 Å². The first-order valence-electron chi connectivity index (χ1n) is 10.3. The smallest absolute Gasteiger partial charge is 0.274 e. The van der Waals surface area contributed by atoms with Crippen molar-refractivity contribution in [3.05, 3.63) is 58.4 Å². The molecule has 162 valence electrons. The summed E-state index contributed by atoms with van der Waals surface area (Å²) in [6.45, 7) is 3.67. The maximum Gasteiger partial charge on any atom is 0.274 e. The van der Waals surface area contributed by atoms with E-state index in [-0.39, 0.29) is 23.8 Å². The molecule has 5 rings (SSSR count). The van der Waals surface area contributed by atoms with Crippen LogP contribution in [0.25, 0.3) is 5.65 Å². The van der Waals surface area contributed by atoms with Crippen LogP contribution in [0.3, 0.4) is 0 Å². The summed E-state index contributed by atoms with van der Waals surface area (Å²) in [5.74, 6) is -0.684. The number of fused-ring (bicyclic) bond motifs is 1. The molecule has 7 nitrogen and oxygen atoms in total. The number of hydrogen-bond acceptors (Lipinski definition) is 4. The van der Waals surface area contributed by atoms with E-state index in [1.165, 1.54) is 10.8 Å². The van der Waals surface area contributed by atoms with Crippen molar-refractivity contribution in [3.63, 3.8) is 0 Å². The third-order valence-electron chi connectivity index (χ3n) is 5.64. The fourth-order valence-electron chi connectivity index (χ4n) is 3.83. The van der Waals surface area contributed by atoms with Gasteiger partial charge >= 0.3 is 0 Å². The Hall–Kier alpha value is -3.23. The van der Waals surface area contributed by atoms with Gasteiger partial charge in [0.2, 0.25) is 0 Å². The summed E-state index contributed by atoms with van der Waals surface area (Å²) in [4.78, 5) is 30.5. The molecule has 0 saturated heterocycles. The van der Waals surface area contributed by atoms with Gasteiger partial charge in [0.1, 0.15) is 29.4 Å². The molecule has 3 aromatic rings. The Kier molecular flexibility index (Phi) is 4.56. The highest BCUT2D eigenvalue weighted by Crippen LogP contribution is 2.46. The zero-order chi connectivity index (χ0) is 21.9. The lowest BCUT2D eigenvalue weighted by molar-refractivity contribution is 0.102. The van der Waals surface area contributed by atoms with Gasteiger partial charge in [0.05, 0.1) is 17.7 Å². The van der Waals surface area contributed by atoms with Gasteiger partial charge in [-0.15, -0.1) is 0 Å². The molecule has 1 amide bonds. The Bertz CT molecular complexity index is 1240. The van der Waals surface area contributed by atoms with Gasteiger partial charge in [-0.3, -0.25) is 9.59 Å². The minimum atomic E-state index is -1.09. The molecule has 3 aromatic heterocycles. The van der Waals surface area contributed by atoms with Crippen LogP contribution in [0, 0.1) is 0 Å². The van der Waals surface area contributed by atoms with E-state index in [1.807, 2.05) is 13.8 Å². The number of rotatable bonds is 6. The maximum absolute atomic E-state index is 13.8. The van der Waals surface area contributed by atoms with Crippen LogP contribution in [0.2, 0.25) is 0 Å². The van der Waals surface area contributed by atoms with Crippen LogP contribution >= 0.6 is 0 Å². The van der Waals surface area contributed by atoms with Crippen LogP contribution < -0.4 is 15.6 Å². The van der Waals surface area contributed by atoms with E-state index in [4.69, 9.17) is 4.74 Å². The lowest BCUT2D eigenvalue weighted by Crippen LogP contribution is -2.28. The molecular weight excluding hydrogens is 406 g/mol. The van der Waals surface area contributed by atoms with Crippen LogP contribution in [-0.4, -0.2) is 38.3 Å². The van der Waals surface area contributed by atoms with Crippen LogP contribution in [-0.2, 0) is 0 Å². The number of amides is 1. The first-order valence-corrected chi connectivity index (χ1v) is 10.3. The molecule has 2 aliphatic rings. The van der Waals surface area contributed by atoms with Crippen LogP contribution in [0.5, 0.6) is 5.75 Å². The van der Waals surface area contributed by atoms with E-state index in [0.29, 0.717) is 23.4 Å². The standard InChI is InChI=1S/C22H22F2N4O3/c1-11(2)31-18-9-19-25-4-6-27(19)10-14(18)21(29)26-20-12(13-7-15(13)23)3-5-28(22(20)30)17-8-16(17)24/h3-6,9-11,13,15-17H,7-8H2,1-2H3,(H,26,29)/t13-,15+,16+,17-/m0/s1. The number of nitrogens with zero attached hydrogens (tertiary/aromatic N) is 3. The average Bonchev–Trinajstić information content (AvgIpc) is 3.57. The molecule has 0 aliphatic heterocycles. The molecule has 2 fully saturated rings. The van der Waals surface area contributed by atoms with Crippen LogP contribution in [0.15, 0.2) is 41.7 Å². The molecule has 2 saturated carbocycles. The van der Waals surface area contributed by atoms with E-state index in [9.17, 15) is 18.4 Å². The van der Waals surface area contributed by atoms with Gasteiger partial charge in [-0.05, 0) is 31.9 Å². The Morgan fingerprint density at radius 2 is 2.00 bits per heavy atom. The van der Waals surface area contributed by atoms with Crippen LogP contribution in [0.1, 0.15) is 54.6 Å². The molecule has 0 spiro atoms. The number of pyridine rings is 2. The predicted molar refractivity (Wildman–Crippen MR) is 110 cm³/mol. The molecule has 1 N–H and O–H groups in total. The molecule has 9 heteroatoms. The van der Waals surface area contributed by atoms with Crippen molar-refractivity contribution in [1.82, 2.24) is 14.0 Å². The number of ether oxygens (including phenoxy) is 1. The van der Waals surface area contributed by atoms with Gasteiger partial charge in [0.15, 0.2) is 0 Å². The SMILES string of the molecule is CC(C)Oc1cc2nccn2cc1C(=O)Nc1c([C@@H]2C[C@H]2F)ccn([C@H]2C[C@H]2F)c1=O. The lowest BCUT2D eigenvalue weighted by Gasteiger charge is -2.16. The van der Waals surface area contributed by atoms with Crippen molar-refractivity contribution in [3.8, 4) is 5.75 Å². The van der Waals surface area contributed by atoms with Gasteiger partial charge < -0.3 is 19.0 Å². The number of imidazole rings is 1. The van der Waals surface area contributed by atoms with Crippen molar-refractivity contribution < 1.29 is 18.3 Å². The molecule has 0 radical (unpaired) electrons. The molecule has 0 bridgehead atoms. The van der Waals surface area contributed by atoms with E-state index in [2.05, 4.69) is 10.3 Å². The highest BCUT2D eigenvalue weighted by Gasteiger charge is 2.43. The molecule has 3 heterocycles. The third-order valence-corrected chi connectivity index (χ3v) is 5.64. The van der Waals surface area contributed by atoms with Crippen LogP contribution in [0.4, 0.5) is 14.5 Å². The lowest BCUT2D eigenvalue weighted by atomic mass is 10.1. The van der Waals surface area contributed by atoms with Crippen molar-refractivity contribution in [2.24, 2.45) is 0 Å². The first-order chi connectivity index (χ1) is 14.8. The number of aromatic nitrogens is 3. The van der Waals surface area contributed by atoms with Crippen molar-refractivity contribution in [2.75, 3.05) is 5.32 Å². The first kappa shape index (κ1) is 19.7. The van der Waals surface area contributed by atoms with Crippen molar-refractivity contribution >= 4 is 17.2 Å². The molecule has 4 atom stereocenters. The predicted octanol–water partition coefficient (Wildman–Crippen LogP) is 3.64. The summed E-state index contributed by atoms with van der Waals surface area (Å²) in [5.41, 5.74) is 0.731. The fraction of sp³-hybridized carbons (Fsp3) is 0.409. The zero-order valence-electron chi connectivity index (χ0n) is 17.1. The summed E-state index contributed by atoms with van der Waals surface area (Å²) in [6.07, 6.45) is 4.58.